The van der Waals surface area contributed by atoms with E-state index in [0.29, 0.717) is 11.9 Å². The summed E-state index contributed by atoms with van der Waals surface area (Å²) in [6.45, 7) is 6.14. The Morgan fingerprint density at radius 1 is 1.00 bits per heavy atom. The molecule has 158 valence electrons. The first-order chi connectivity index (χ1) is 13.7. The molecule has 1 saturated carbocycles. The molecule has 1 aliphatic carbocycles. The van der Waals surface area contributed by atoms with Gasteiger partial charge >= 0.3 is 6.18 Å². The topological polar surface area (TPSA) is 75.6 Å². The molecule has 1 unspecified atom stereocenters. The number of nitrogens with zero attached hydrogens (tertiary/aromatic N) is 4. The summed E-state index contributed by atoms with van der Waals surface area (Å²) in [5.74, 6) is 1.51. The first-order valence-electron chi connectivity index (χ1n) is 10.1. The molecule has 0 spiro atoms. The third kappa shape index (κ3) is 6.27. The molecule has 0 radical (unpaired) electrons. The minimum Gasteiger partial charge on any atom is -0.352 e. The van der Waals surface area contributed by atoms with Crippen LogP contribution in [0.15, 0.2) is 18.2 Å². The number of nitrogens with one attached hydrogen (secondary N) is 2. The SMILES string of the molecule is CCCC(C)Nc1nc(N[C@H](C)CC2CC2)nc(-c2cccc(C(F)(F)F)n2)n1. The Labute approximate surface area is 168 Å². The Bertz CT molecular complexity index is 822. The van der Waals surface area contributed by atoms with E-state index in [1.165, 1.54) is 25.0 Å². The monoisotopic (exact) mass is 408 g/mol. The van der Waals surface area contributed by atoms with Crippen LogP contribution in [0, 0.1) is 5.92 Å². The van der Waals surface area contributed by atoms with Crippen molar-refractivity contribution in [2.24, 2.45) is 5.92 Å². The number of hydrogen-bond donors (Lipinski definition) is 2. The lowest BCUT2D eigenvalue weighted by molar-refractivity contribution is -0.141. The third-order valence-electron chi connectivity index (χ3n) is 4.76. The molecule has 2 atom stereocenters. The van der Waals surface area contributed by atoms with Crippen molar-refractivity contribution in [3.05, 3.63) is 23.9 Å². The predicted molar refractivity (Wildman–Crippen MR) is 106 cm³/mol. The van der Waals surface area contributed by atoms with Crippen LogP contribution in [0.25, 0.3) is 11.5 Å². The highest BCUT2D eigenvalue weighted by molar-refractivity contribution is 5.54. The standard InChI is InChI=1S/C20H27F3N6/c1-4-6-12(2)24-18-27-17(15-7-5-8-16(26-15)20(21,22)23)28-19(29-18)25-13(3)11-14-9-10-14/h5,7-8,12-14H,4,6,9-11H2,1-3H3,(H2,24,25,27,28,29)/t12?,13-/m1/s1. The van der Waals surface area contributed by atoms with Crippen molar-refractivity contribution in [3.63, 3.8) is 0 Å². The second-order valence-corrected chi connectivity index (χ2v) is 7.77. The first-order valence-corrected chi connectivity index (χ1v) is 10.1. The van der Waals surface area contributed by atoms with E-state index in [-0.39, 0.29) is 23.6 Å². The van der Waals surface area contributed by atoms with Gasteiger partial charge in [-0.3, -0.25) is 0 Å². The van der Waals surface area contributed by atoms with Crippen molar-refractivity contribution < 1.29 is 13.2 Å². The normalized spacial score (nSPS) is 16.3. The average Bonchev–Trinajstić information content (AvgIpc) is 3.45. The molecule has 6 nitrogen and oxygen atoms in total. The molecule has 3 rings (SSSR count). The van der Waals surface area contributed by atoms with Crippen molar-refractivity contribution in [2.75, 3.05) is 10.6 Å². The van der Waals surface area contributed by atoms with Crippen molar-refractivity contribution in [1.29, 1.82) is 0 Å². The molecule has 0 aliphatic heterocycles. The van der Waals surface area contributed by atoms with Gasteiger partial charge in [0.2, 0.25) is 11.9 Å². The largest absolute Gasteiger partial charge is 0.433 e. The van der Waals surface area contributed by atoms with E-state index < -0.39 is 11.9 Å². The van der Waals surface area contributed by atoms with Gasteiger partial charge in [-0.1, -0.05) is 32.3 Å². The van der Waals surface area contributed by atoms with Crippen LogP contribution in [0.5, 0.6) is 0 Å². The van der Waals surface area contributed by atoms with Crippen molar-refractivity contribution >= 4 is 11.9 Å². The van der Waals surface area contributed by atoms with E-state index in [1.807, 2.05) is 6.92 Å². The lowest BCUT2D eigenvalue weighted by Gasteiger charge is -2.17. The fraction of sp³-hybridized carbons (Fsp3) is 0.600. The van der Waals surface area contributed by atoms with E-state index in [0.717, 1.165) is 31.2 Å². The molecule has 29 heavy (non-hydrogen) atoms. The van der Waals surface area contributed by atoms with Crippen LogP contribution in [-0.4, -0.2) is 32.0 Å². The van der Waals surface area contributed by atoms with Crippen LogP contribution < -0.4 is 10.6 Å². The molecule has 2 aromatic heterocycles. The summed E-state index contributed by atoms with van der Waals surface area (Å²) < 4.78 is 39.2. The molecular weight excluding hydrogens is 381 g/mol. The number of alkyl halides is 3. The van der Waals surface area contributed by atoms with Crippen molar-refractivity contribution in [2.45, 2.75) is 71.1 Å². The van der Waals surface area contributed by atoms with Crippen LogP contribution in [0.2, 0.25) is 0 Å². The fourth-order valence-corrected chi connectivity index (χ4v) is 3.20. The van der Waals surface area contributed by atoms with E-state index in [1.54, 1.807) is 0 Å². The highest BCUT2D eigenvalue weighted by Crippen LogP contribution is 2.34. The van der Waals surface area contributed by atoms with E-state index in [9.17, 15) is 13.2 Å². The van der Waals surface area contributed by atoms with Crippen LogP contribution in [-0.2, 0) is 6.18 Å². The van der Waals surface area contributed by atoms with Crippen molar-refractivity contribution in [1.82, 2.24) is 19.9 Å². The number of hydrogen-bond acceptors (Lipinski definition) is 6. The highest BCUT2D eigenvalue weighted by atomic mass is 19.4. The van der Waals surface area contributed by atoms with Gasteiger partial charge < -0.3 is 10.6 Å². The Hall–Kier alpha value is -2.45. The summed E-state index contributed by atoms with van der Waals surface area (Å²) >= 11 is 0. The van der Waals surface area contributed by atoms with E-state index >= 15 is 0 Å². The van der Waals surface area contributed by atoms with Crippen molar-refractivity contribution in [3.8, 4) is 11.5 Å². The molecule has 1 fully saturated rings. The average molecular weight is 408 g/mol. The molecular formula is C20H27F3N6. The summed E-state index contributed by atoms with van der Waals surface area (Å²) in [6, 6.07) is 4.00. The van der Waals surface area contributed by atoms with E-state index in [4.69, 9.17) is 0 Å². The minimum atomic E-state index is -4.53. The molecule has 2 heterocycles. The summed E-state index contributed by atoms with van der Waals surface area (Å²) in [6.07, 6.45) is 0.875. The Morgan fingerprint density at radius 3 is 2.24 bits per heavy atom. The van der Waals surface area contributed by atoms with Gasteiger partial charge in [0.1, 0.15) is 11.4 Å². The molecule has 2 aromatic rings. The molecule has 0 aromatic carbocycles. The zero-order valence-corrected chi connectivity index (χ0v) is 16.9. The van der Waals surface area contributed by atoms with Crippen LogP contribution in [0.1, 0.15) is 58.6 Å². The summed E-state index contributed by atoms with van der Waals surface area (Å²) in [7, 11) is 0. The summed E-state index contributed by atoms with van der Waals surface area (Å²) in [5.41, 5.74) is -0.910. The van der Waals surface area contributed by atoms with Gasteiger partial charge in [-0.2, -0.15) is 28.1 Å². The maximum atomic E-state index is 13.1. The number of pyridine rings is 1. The van der Waals surface area contributed by atoms with Gasteiger partial charge in [-0.25, -0.2) is 4.98 Å². The lowest BCUT2D eigenvalue weighted by atomic mass is 10.2. The van der Waals surface area contributed by atoms with Gasteiger partial charge in [-0.15, -0.1) is 0 Å². The molecule has 0 saturated heterocycles. The number of halogens is 3. The second kappa shape index (κ2) is 8.92. The van der Waals surface area contributed by atoms with Crippen LogP contribution in [0.3, 0.4) is 0 Å². The first kappa shape index (κ1) is 21.3. The number of rotatable bonds is 9. The molecule has 0 bridgehead atoms. The highest BCUT2D eigenvalue weighted by Gasteiger charge is 2.32. The number of aromatic nitrogens is 4. The van der Waals surface area contributed by atoms with Crippen LogP contribution >= 0.6 is 0 Å². The van der Waals surface area contributed by atoms with Gasteiger partial charge in [0, 0.05) is 12.1 Å². The molecule has 1 aliphatic rings. The minimum absolute atomic E-state index is 0.0614. The van der Waals surface area contributed by atoms with Crippen LogP contribution in [0.4, 0.5) is 25.1 Å². The maximum Gasteiger partial charge on any atom is 0.433 e. The molecule has 0 amide bonds. The van der Waals surface area contributed by atoms with E-state index in [2.05, 4.69) is 44.4 Å². The quantitative estimate of drug-likeness (QED) is 0.597. The third-order valence-corrected chi connectivity index (χ3v) is 4.76. The smallest absolute Gasteiger partial charge is 0.352 e. The van der Waals surface area contributed by atoms with Gasteiger partial charge in [0.15, 0.2) is 5.82 Å². The van der Waals surface area contributed by atoms with Gasteiger partial charge in [0.25, 0.3) is 0 Å². The fourth-order valence-electron chi connectivity index (χ4n) is 3.20. The Balaban J connectivity index is 1.90. The molecule has 2 N–H and O–H groups in total. The number of anilines is 2. The van der Waals surface area contributed by atoms with Gasteiger partial charge in [-0.05, 0) is 44.7 Å². The maximum absolute atomic E-state index is 13.1. The zero-order valence-electron chi connectivity index (χ0n) is 16.9. The molecule has 9 heteroatoms. The van der Waals surface area contributed by atoms with Gasteiger partial charge in [0.05, 0.1) is 0 Å². The second-order valence-electron chi connectivity index (χ2n) is 7.77. The Morgan fingerprint density at radius 2 is 1.66 bits per heavy atom. The summed E-state index contributed by atoms with van der Waals surface area (Å²) in [5, 5.41) is 6.47. The predicted octanol–water partition coefficient (Wildman–Crippen LogP) is 5.15. The summed E-state index contributed by atoms with van der Waals surface area (Å²) in [4.78, 5) is 16.8. The zero-order chi connectivity index (χ0) is 21.0. The lowest BCUT2D eigenvalue weighted by Crippen LogP contribution is -2.21. The Kier molecular flexibility index (Phi) is 6.54.